The van der Waals surface area contributed by atoms with Crippen molar-refractivity contribution in [3.8, 4) is 5.69 Å². The van der Waals surface area contributed by atoms with Gasteiger partial charge >= 0.3 is 6.03 Å². The van der Waals surface area contributed by atoms with Gasteiger partial charge in [0.1, 0.15) is 5.82 Å². The molecule has 0 aliphatic heterocycles. The minimum atomic E-state index is -3.54. The van der Waals surface area contributed by atoms with E-state index in [-0.39, 0.29) is 21.0 Å². The van der Waals surface area contributed by atoms with Crippen LogP contribution in [0.25, 0.3) is 16.6 Å². The number of carbonyl (C=O) groups is 1. The summed E-state index contributed by atoms with van der Waals surface area (Å²) >= 11 is 6.28. The van der Waals surface area contributed by atoms with E-state index in [2.05, 4.69) is 15.6 Å². The first-order valence-electron chi connectivity index (χ1n) is 10.5. The fourth-order valence-electron chi connectivity index (χ4n) is 3.66. The van der Waals surface area contributed by atoms with Crippen LogP contribution in [0.15, 0.2) is 76.4 Å². The van der Waals surface area contributed by atoms with Crippen molar-refractivity contribution in [2.24, 2.45) is 5.73 Å². The minimum absolute atomic E-state index is 0.00357. The van der Waals surface area contributed by atoms with Crippen molar-refractivity contribution in [2.45, 2.75) is 17.9 Å². The van der Waals surface area contributed by atoms with Gasteiger partial charge in [-0.05, 0) is 49.4 Å². The number of hydrogen-bond donors (Lipinski definition) is 3. The molecule has 2 amide bonds. The topological polar surface area (TPSA) is 136 Å². The SMILES string of the molecule is CC(N)c1nc2cccc(Cl)c2c(=O)n1-c1cccc(NC(=O)Nc2ccccc2S(C)(=O)=O)c1. The van der Waals surface area contributed by atoms with Crippen LogP contribution in [0.1, 0.15) is 18.8 Å². The zero-order chi connectivity index (χ0) is 25.3. The maximum atomic E-state index is 13.4. The fraction of sp³-hybridized carbons (Fsp3) is 0.125. The van der Waals surface area contributed by atoms with Gasteiger partial charge in [0.2, 0.25) is 0 Å². The Morgan fingerprint density at radius 3 is 2.49 bits per heavy atom. The van der Waals surface area contributed by atoms with Gasteiger partial charge in [-0.1, -0.05) is 35.9 Å². The Balaban J connectivity index is 1.71. The highest BCUT2D eigenvalue weighted by molar-refractivity contribution is 7.90. The maximum absolute atomic E-state index is 13.4. The third kappa shape index (κ3) is 5.04. The number of aromatic nitrogens is 2. The van der Waals surface area contributed by atoms with Crippen LogP contribution in [-0.2, 0) is 9.84 Å². The van der Waals surface area contributed by atoms with E-state index in [4.69, 9.17) is 17.3 Å². The standard InChI is InChI=1S/C24H22ClN5O4S/c1-14(26)22-28-19-11-6-9-17(25)21(19)23(31)30(22)16-8-5-7-15(13-16)27-24(32)29-18-10-3-4-12-20(18)35(2,33)34/h3-14H,26H2,1-2H3,(H2,27,29,32). The lowest BCUT2D eigenvalue weighted by Gasteiger charge is -2.17. The summed E-state index contributed by atoms with van der Waals surface area (Å²) in [4.78, 5) is 30.6. The van der Waals surface area contributed by atoms with Gasteiger partial charge in [0.15, 0.2) is 9.84 Å². The first-order chi connectivity index (χ1) is 16.6. The summed E-state index contributed by atoms with van der Waals surface area (Å²) in [6, 6.07) is 16.4. The van der Waals surface area contributed by atoms with Crippen molar-refractivity contribution in [3.05, 3.63) is 87.9 Å². The Kier molecular flexibility index (Phi) is 6.62. The second-order valence-electron chi connectivity index (χ2n) is 7.93. The van der Waals surface area contributed by atoms with E-state index < -0.39 is 27.5 Å². The number of rotatable bonds is 5. The number of sulfone groups is 1. The minimum Gasteiger partial charge on any atom is -0.322 e. The van der Waals surface area contributed by atoms with E-state index >= 15 is 0 Å². The first kappa shape index (κ1) is 24.4. The molecule has 3 aromatic carbocycles. The second kappa shape index (κ2) is 9.49. The molecule has 11 heteroatoms. The third-order valence-corrected chi connectivity index (χ3v) is 6.65. The fourth-order valence-corrected chi connectivity index (χ4v) is 4.76. The van der Waals surface area contributed by atoms with E-state index in [1.807, 2.05) is 0 Å². The molecular formula is C24H22ClN5O4S. The maximum Gasteiger partial charge on any atom is 0.323 e. The molecule has 0 aliphatic rings. The van der Waals surface area contributed by atoms with E-state index in [1.54, 1.807) is 61.5 Å². The Bertz CT molecular complexity index is 1620. The van der Waals surface area contributed by atoms with Crippen LogP contribution in [0.4, 0.5) is 16.2 Å². The van der Waals surface area contributed by atoms with Gasteiger partial charge < -0.3 is 16.4 Å². The smallest absolute Gasteiger partial charge is 0.322 e. The Morgan fingerprint density at radius 2 is 1.77 bits per heavy atom. The number of nitrogens with one attached hydrogen (secondary N) is 2. The molecule has 4 rings (SSSR count). The van der Waals surface area contributed by atoms with Gasteiger partial charge in [-0.3, -0.25) is 9.36 Å². The monoisotopic (exact) mass is 511 g/mol. The van der Waals surface area contributed by atoms with Crippen LogP contribution in [0, 0.1) is 0 Å². The molecule has 35 heavy (non-hydrogen) atoms. The van der Waals surface area contributed by atoms with Crippen LogP contribution >= 0.6 is 11.6 Å². The Hall–Kier alpha value is -3.73. The zero-order valence-corrected chi connectivity index (χ0v) is 20.4. The summed E-state index contributed by atoms with van der Waals surface area (Å²) in [6.45, 7) is 1.71. The normalized spacial score (nSPS) is 12.3. The summed E-state index contributed by atoms with van der Waals surface area (Å²) in [5.74, 6) is 0.327. The Morgan fingerprint density at radius 1 is 1.06 bits per heavy atom. The van der Waals surface area contributed by atoms with Crippen molar-refractivity contribution in [3.63, 3.8) is 0 Å². The summed E-state index contributed by atoms with van der Waals surface area (Å²) in [7, 11) is -3.54. The molecule has 1 unspecified atom stereocenters. The second-order valence-corrected chi connectivity index (χ2v) is 10.3. The van der Waals surface area contributed by atoms with Gasteiger partial charge in [-0.25, -0.2) is 18.2 Å². The summed E-state index contributed by atoms with van der Waals surface area (Å²) in [5.41, 5.74) is 7.09. The molecular weight excluding hydrogens is 490 g/mol. The number of anilines is 2. The molecule has 0 bridgehead atoms. The molecule has 1 aromatic heterocycles. The predicted octanol–water partition coefficient (Wildman–Crippen LogP) is 4.11. The van der Waals surface area contributed by atoms with E-state index in [9.17, 15) is 18.0 Å². The molecule has 4 aromatic rings. The summed E-state index contributed by atoms with van der Waals surface area (Å²) in [5, 5.41) is 5.73. The molecule has 0 saturated heterocycles. The van der Waals surface area contributed by atoms with Gasteiger partial charge in [0.05, 0.1) is 38.2 Å². The van der Waals surface area contributed by atoms with Gasteiger partial charge in [-0.15, -0.1) is 0 Å². The number of fused-ring (bicyclic) bond motifs is 1. The molecule has 1 atom stereocenters. The average Bonchev–Trinajstić information content (AvgIpc) is 2.78. The quantitative estimate of drug-likeness (QED) is 0.369. The van der Waals surface area contributed by atoms with E-state index in [0.717, 1.165) is 6.26 Å². The van der Waals surface area contributed by atoms with E-state index in [1.165, 1.54) is 16.7 Å². The number of carbonyl (C=O) groups excluding carboxylic acids is 1. The van der Waals surface area contributed by atoms with Crippen molar-refractivity contribution < 1.29 is 13.2 Å². The summed E-state index contributed by atoms with van der Waals surface area (Å²) < 4.78 is 25.4. The summed E-state index contributed by atoms with van der Waals surface area (Å²) in [6.07, 6.45) is 1.06. The third-order valence-electron chi connectivity index (χ3n) is 5.18. The van der Waals surface area contributed by atoms with Crippen molar-refractivity contribution in [1.82, 2.24) is 9.55 Å². The zero-order valence-electron chi connectivity index (χ0n) is 18.8. The molecule has 180 valence electrons. The number of nitrogens with two attached hydrogens (primary N) is 1. The largest absolute Gasteiger partial charge is 0.323 e. The lowest BCUT2D eigenvalue weighted by molar-refractivity contribution is 0.262. The van der Waals surface area contributed by atoms with Crippen molar-refractivity contribution >= 4 is 49.7 Å². The molecule has 0 spiro atoms. The average molecular weight is 512 g/mol. The highest BCUT2D eigenvalue weighted by atomic mass is 35.5. The Labute approximate surface area is 206 Å². The van der Waals surface area contributed by atoms with Crippen LogP contribution in [0.5, 0.6) is 0 Å². The van der Waals surface area contributed by atoms with E-state index in [0.29, 0.717) is 22.7 Å². The first-order valence-corrected chi connectivity index (χ1v) is 12.8. The highest BCUT2D eigenvalue weighted by Crippen LogP contribution is 2.24. The molecule has 9 nitrogen and oxygen atoms in total. The van der Waals surface area contributed by atoms with Gasteiger partial charge in [-0.2, -0.15) is 0 Å². The number of urea groups is 1. The molecule has 0 saturated carbocycles. The highest BCUT2D eigenvalue weighted by Gasteiger charge is 2.18. The number of halogens is 1. The molecule has 0 radical (unpaired) electrons. The van der Waals surface area contributed by atoms with Gasteiger partial charge in [0, 0.05) is 11.9 Å². The van der Waals surface area contributed by atoms with Crippen molar-refractivity contribution in [2.75, 3.05) is 16.9 Å². The van der Waals surface area contributed by atoms with Crippen LogP contribution in [0.2, 0.25) is 5.02 Å². The molecule has 1 heterocycles. The predicted molar refractivity (Wildman–Crippen MR) is 137 cm³/mol. The number of nitrogens with zero attached hydrogens (tertiary/aromatic N) is 2. The number of hydrogen-bond acceptors (Lipinski definition) is 6. The molecule has 0 fully saturated rings. The number of para-hydroxylation sites is 1. The van der Waals surface area contributed by atoms with Crippen LogP contribution in [0.3, 0.4) is 0 Å². The lowest BCUT2D eigenvalue weighted by Crippen LogP contribution is -2.28. The van der Waals surface area contributed by atoms with Crippen LogP contribution < -0.4 is 21.9 Å². The molecule has 0 aliphatic carbocycles. The van der Waals surface area contributed by atoms with Gasteiger partial charge in [0.25, 0.3) is 5.56 Å². The lowest BCUT2D eigenvalue weighted by atomic mass is 10.2. The molecule has 4 N–H and O–H groups in total. The van der Waals surface area contributed by atoms with Crippen LogP contribution in [-0.4, -0.2) is 30.3 Å². The van der Waals surface area contributed by atoms with Crippen molar-refractivity contribution in [1.29, 1.82) is 0 Å². The number of amides is 2. The number of benzene rings is 3.